The third-order valence-electron chi connectivity index (χ3n) is 8.95. The van der Waals surface area contributed by atoms with Crippen molar-refractivity contribution in [3.63, 3.8) is 0 Å². The molecule has 188 valence electrons. The van der Waals surface area contributed by atoms with Crippen LogP contribution in [-0.4, -0.2) is 58.1 Å². The first kappa shape index (κ1) is 24.9. The number of carbonyl (C=O) groups excluding carboxylic acids is 3. The van der Waals surface area contributed by atoms with Gasteiger partial charge < -0.3 is 24.4 Å². The molecular formula is C26H36O8. The highest BCUT2D eigenvalue weighted by atomic mass is 16.6. The zero-order valence-corrected chi connectivity index (χ0v) is 21.0. The minimum Gasteiger partial charge on any atom is -0.458 e. The molecule has 2 fully saturated rings. The molecule has 0 heterocycles. The highest BCUT2D eigenvalue weighted by Crippen LogP contribution is 2.77. The second-order valence-corrected chi connectivity index (χ2v) is 11.1. The summed E-state index contributed by atoms with van der Waals surface area (Å²) in [6.07, 6.45) is 2.96. The summed E-state index contributed by atoms with van der Waals surface area (Å²) in [5.74, 6) is -3.51. The lowest BCUT2D eigenvalue weighted by Crippen LogP contribution is -2.63. The minimum absolute atomic E-state index is 0.197. The Hall–Kier alpha value is -2.19. The van der Waals surface area contributed by atoms with E-state index in [0.717, 1.165) is 11.1 Å². The number of aliphatic hydroxyl groups excluding tert-OH is 1. The smallest absolute Gasteiger partial charge is 0.303 e. The van der Waals surface area contributed by atoms with Gasteiger partial charge in [-0.25, -0.2) is 0 Å². The quantitative estimate of drug-likeness (QED) is 0.360. The van der Waals surface area contributed by atoms with Gasteiger partial charge in [-0.1, -0.05) is 32.9 Å². The van der Waals surface area contributed by atoms with Crippen LogP contribution in [0.2, 0.25) is 0 Å². The van der Waals surface area contributed by atoms with E-state index in [2.05, 4.69) is 0 Å². The number of esters is 3. The fourth-order valence-electron chi connectivity index (χ4n) is 7.69. The Morgan fingerprint density at radius 3 is 2.18 bits per heavy atom. The van der Waals surface area contributed by atoms with Crippen LogP contribution in [0.25, 0.3) is 0 Å². The Bertz CT molecular complexity index is 979. The standard InChI is InChI=1S/C26H36O8/c1-12-8-19-18(21(12)32-14(3)28)9-17(11-27)10-20-22-24(6,7)26(22,34-16(5)30)23(33-15(4)29)13(2)25(19,20)31/h8,10,13,18-23,27,31H,9,11H2,1-7H3/t13-,18+,19-,20+,21+,22-,23-,25+,26-/m1/s1. The van der Waals surface area contributed by atoms with E-state index in [0.29, 0.717) is 6.42 Å². The normalized spacial score (nSPS) is 43.7. The van der Waals surface area contributed by atoms with Gasteiger partial charge in [0.2, 0.25) is 0 Å². The van der Waals surface area contributed by atoms with E-state index in [4.69, 9.17) is 14.2 Å². The van der Waals surface area contributed by atoms with E-state index in [-0.39, 0.29) is 18.4 Å². The summed E-state index contributed by atoms with van der Waals surface area (Å²) in [5, 5.41) is 22.8. The van der Waals surface area contributed by atoms with E-state index in [1.165, 1.54) is 20.8 Å². The van der Waals surface area contributed by atoms with Gasteiger partial charge in [-0.15, -0.1) is 0 Å². The monoisotopic (exact) mass is 476 g/mol. The molecule has 9 atom stereocenters. The van der Waals surface area contributed by atoms with Crippen LogP contribution in [0.3, 0.4) is 0 Å². The third kappa shape index (κ3) is 3.21. The van der Waals surface area contributed by atoms with E-state index in [1.807, 2.05) is 39.8 Å². The maximum absolute atomic E-state index is 12.6. The van der Waals surface area contributed by atoms with Gasteiger partial charge >= 0.3 is 17.9 Å². The lowest BCUT2D eigenvalue weighted by atomic mass is 9.59. The summed E-state index contributed by atoms with van der Waals surface area (Å²) in [6, 6.07) is 0. The number of hydrogen-bond acceptors (Lipinski definition) is 8. The Balaban J connectivity index is 1.90. The molecule has 0 saturated heterocycles. The first-order chi connectivity index (χ1) is 15.7. The molecular weight excluding hydrogens is 440 g/mol. The summed E-state index contributed by atoms with van der Waals surface area (Å²) in [5.41, 5.74) is -1.48. The van der Waals surface area contributed by atoms with Crippen molar-refractivity contribution in [1.29, 1.82) is 0 Å². The minimum atomic E-state index is -1.39. The first-order valence-corrected chi connectivity index (χ1v) is 12.0. The number of hydrogen-bond donors (Lipinski definition) is 2. The fraction of sp³-hybridized carbons (Fsp3) is 0.731. The molecule has 0 amide bonds. The lowest BCUT2D eigenvalue weighted by Gasteiger charge is -2.52. The second-order valence-electron chi connectivity index (χ2n) is 11.1. The van der Waals surface area contributed by atoms with Gasteiger partial charge in [-0.3, -0.25) is 14.4 Å². The first-order valence-electron chi connectivity index (χ1n) is 12.0. The van der Waals surface area contributed by atoms with E-state index in [9.17, 15) is 24.6 Å². The Morgan fingerprint density at radius 2 is 1.65 bits per heavy atom. The molecule has 0 aromatic carbocycles. The molecule has 34 heavy (non-hydrogen) atoms. The van der Waals surface area contributed by atoms with Crippen LogP contribution in [0.15, 0.2) is 23.3 Å². The molecule has 8 heteroatoms. The number of carbonyl (C=O) groups is 3. The van der Waals surface area contributed by atoms with Gasteiger partial charge in [-0.05, 0) is 24.5 Å². The summed E-state index contributed by atoms with van der Waals surface area (Å²) < 4.78 is 17.4. The van der Waals surface area contributed by atoms with Crippen LogP contribution in [-0.2, 0) is 28.6 Å². The van der Waals surface area contributed by atoms with Crippen molar-refractivity contribution < 1.29 is 38.8 Å². The van der Waals surface area contributed by atoms with Crippen LogP contribution < -0.4 is 0 Å². The van der Waals surface area contributed by atoms with Crippen LogP contribution in [0.4, 0.5) is 0 Å². The lowest BCUT2D eigenvalue weighted by molar-refractivity contribution is -0.220. The molecule has 0 bridgehead atoms. The molecule has 0 aliphatic heterocycles. The van der Waals surface area contributed by atoms with E-state index in [1.54, 1.807) is 0 Å². The second kappa shape index (κ2) is 7.92. The zero-order chi connectivity index (χ0) is 25.4. The predicted molar refractivity (Wildman–Crippen MR) is 121 cm³/mol. The molecule has 4 aliphatic rings. The molecule has 8 nitrogen and oxygen atoms in total. The van der Waals surface area contributed by atoms with E-state index >= 15 is 0 Å². The predicted octanol–water partition coefficient (Wildman–Crippen LogP) is 2.32. The van der Waals surface area contributed by atoms with Crippen molar-refractivity contribution in [2.75, 3.05) is 6.61 Å². The average molecular weight is 477 g/mol. The van der Waals surface area contributed by atoms with Gasteiger partial charge in [0, 0.05) is 55.8 Å². The van der Waals surface area contributed by atoms with Crippen LogP contribution in [0.1, 0.15) is 54.9 Å². The maximum Gasteiger partial charge on any atom is 0.303 e. The van der Waals surface area contributed by atoms with Crippen molar-refractivity contribution in [3.8, 4) is 0 Å². The van der Waals surface area contributed by atoms with Crippen molar-refractivity contribution in [2.24, 2.45) is 35.0 Å². The Kier molecular flexibility index (Phi) is 5.80. The van der Waals surface area contributed by atoms with Crippen molar-refractivity contribution >= 4 is 17.9 Å². The van der Waals surface area contributed by atoms with Crippen LogP contribution in [0, 0.1) is 35.0 Å². The van der Waals surface area contributed by atoms with Crippen molar-refractivity contribution in [3.05, 3.63) is 23.3 Å². The number of ether oxygens (including phenoxy) is 3. The molecule has 0 aromatic heterocycles. The maximum atomic E-state index is 12.6. The molecule has 2 N–H and O–H groups in total. The van der Waals surface area contributed by atoms with E-state index < -0.39 is 64.5 Å². The Morgan fingerprint density at radius 1 is 1.03 bits per heavy atom. The topological polar surface area (TPSA) is 119 Å². The Labute approximate surface area is 200 Å². The van der Waals surface area contributed by atoms with Crippen molar-refractivity contribution in [1.82, 2.24) is 0 Å². The summed E-state index contributed by atoms with van der Waals surface area (Å²) in [4.78, 5) is 36.3. The van der Waals surface area contributed by atoms with Gasteiger partial charge in [-0.2, -0.15) is 0 Å². The number of rotatable bonds is 4. The molecule has 4 aliphatic carbocycles. The fourth-order valence-corrected chi connectivity index (χ4v) is 7.69. The van der Waals surface area contributed by atoms with Crippen LogP contribution >= 0.6 is 0 Å². The van der Waals surface area contributed by atoms with Crippen LogP contribution in [0.5, 0.6) is 0 Å². The SMILES string of the molecule is CC(=O)O[C@@H]1[C@@H](C)[C@]2(O)[C@@H]3C=C(C)[C@H](OC(C)=O)[C@H]3CC(CO)=C[C@H]2[C@@H]2C(C)(C)[C@]12OC(C)=O. The molecule has 4 rings (SSSR count). The summed E-state index contributed by atoms with van der Waals surface area (Å²) in [7, 11) is 0. The zero-order valence-electron chi connectivity index (χ0n) is 21.0. The highest BCUT2D eigenvalue weighted by molar-refractivity contribution is 5.69. The van der Waals surface area contributed by atoms with Gasteiger partial charge in [0.25, 0.3) is 0 Å². The third-order valence-corrected chi connectivity index (χ3v) is 8.95. The van der Waals surface area contributed by atoms with Gasteiger partial charge in [0.15, 0.2) is 5.60 Å². The number of aliphatic hydroxyl groups is 2. The molecule has 0 unspecified atom stereocenters. The molecule has 0 radical (unpaired) electrons. The average Bonchev–Trinajstić information content (AvgIpc) is 3.09. The van der Waals surface area contributed by atoms with Crippen molar-refractivity contribution in [2.45, 2.75) is 78.3 Å². The van der Waals surface area contributed by atoms with Gasteiger partial charge in [0.05, 0.1) is 12.2 Å². The molecule has 0 spiro atoms. The summed E-state index contributed by atoms with van der Waals surface area (Å²) >= 11 is 0. The largest absolute Gasteiger partial charge is 0.458 e. The molecule has 2 saturated carbocycles. The highest BCUT2D eigenvalue weighted by Gasteiger charge is 2.87. The summed E-state index contributed by atoms with van der Waals surface area (Å²) in [6.45, 7) is 11.4. The van der Waals surface area contributed by atoms with Gasteiger partial charge in [0.1, 0.15) is 12.2 Å². The molecule has 0 aromatic rings. The number of fused-ring (bicyclic) bond motifs is 5.